The minimum Gasteiger partial charge on any atom is -0.465 e. The van der Waals surface area contributed by atoms with E-state index in [2.05, 4.69) is 24.9 Å². The Hall–Kier alpha value is -0.800. The summed E-state index contributed by atoms with van der Waals surface area (Å²) >= 11 is 0. The van der Waals surface area contributed by atoms with Crippen LogP contribution in [0.5, 0.6) is 0 Å². The van der Waals surface area contributed by atoms with E-state index in [1.54, 1.807) is 0 Å². The second-order valence-corrected chi connectivity index (χ2v) is 5.36. The van der Waals surface area contributed by atoms with E-state index in [0.717, 1.165) is 24.4 Å². The first-order valence-corrected chi connectivity index (χ1v) is 6.61. The van der Waals surface area contributed by atoms with Crippen molar-refractivity contribution in [2.75, 3.05) is 7.05 Å². The van der Waals surface area contributed by atoms with Crippen LogP contribution in [0.1, 0.15) is 50.2 Å². The van der Waals surface area contributed by atoms with Crippen LogP contribution in [0.3, 0.4) is 0 Å². The fourth-order valence-electron chi connectivity index (χ4n) is 2.70. The molecule has 1 aromatic rings. The van der Waals surface area contributed by atoms with E-state index in [9.17, 15) is 0 Å². The third-order valence-corrected chi connectivity index (χ3v) is 4.10. The minimum atomic E-state index is 0.350. The number of furan rings is 1. The molecule has 1 saturated carbocycles. The summed E-state index contributed by atoms with van der Waals surface area (Å²) in [6.07, 6.45) is 4.72. The quantitative estimate of drug-likeness (QED) is 0.877. The zero-order chi connectivity index (χ0) is 12.4. The summed E-state index contributed by atoms with van der Waals surface area (Å²) in [5.41, 5.74) is 5.95. The van der Waals surface area contributed by atoms with Crippen molar-refractivity contribution in [1.29, 1.82) is 0 Å². The molecule has 2 rings (SSSR count). The average Bonchev–Trinajstić information content (AvgIpc) is 2.75. The third kappa shape index (κ3) is 2.90. The van der Waals surface area contributed by atoms with Gasteiger partial charge in [0.1, 0.15) is 11.5 Å². The Morgan fingerprint density at radius 2 is 1.94 bits per heavy atom. The first kappa shape index (κ1) is 12.7. The molecule has 0 aliphatic heterocycles. The standard InChI is InChI=1S/C14H24N2O/c1-10-4-9-14(17-10)11(2)16(3)13-7-5-12(15)6-8-13/h4,9,11-13H,5-8,15H2,1-3H3. The molecule has 3 heteroatoms. The van der Waals surface area contributed by atoms with Gasteiger partial charge in [-0.2, -0.15) is 0 Å². The highest BCUT2D eigenvalue weighted by atomic mass is 16.3. The monoisotopic (exact) mass is 236 g/mol. The lowest BCUT2D eigenvalue weighted by molar-refractivity contribution is 0.127. The van der Waals surface area contributed by atoms with Crippen LogP contribution in [0, 0.1) is 6.92 Å². The number of aryl methyl sites for hydroxylation is 1. The van der Waals surface area contributed by atoms with Gasteiger partial charge in [0, 0.05) is 12.1 Å². The van der Waals surface area contributed by atoms with Crippen LogP contribution in [0.4, 0.5) is 0 Å². The summed E-state index contributed by atoms with van der Waals surface area (Å²) in [5, 5.41) is 0. The molecular formula is C14H24N2O. The van der Waals surface area contributed by atoms with Crippen LogP contribution in [0.15, 0.2) is 16.5 Å². The highest BCUT2D eigenvalue weighted by molar-refractivity contribution is 5.09. The fourth-order valence-corrected chi connectivity index (χ4v) is 2.70. The predicted octanol–water partition coefficient (Wildman–Crippen LogP) is 2.85. The number of nitrogens with two attached hydrogens (primary N) is 1. The van der Waals surface area contributed by atoms with Gasteiger partial charge in [-0.1, -0.05) is 0 Å². The van der Waals surface area contributed by atoms with Gasteiger partial charge >= 0.3 is 0 Å². The van der Waals surface area contributed by atoms with Gasteiger partial charge in [0.25, 0.3) is 0 Å². The van der Waals surface area contributed by atoms with Gasteiger partial charge in [-0.25, -0.2) is 0 Å². The van der Waals surface area contributed by atoms with Crippen LogP contribution < -0.4 is 5.73 Å². The number of hydrogen-bond acceptors (Lipinski definition) is 3. The predicted molar refractivity (Wildman–Crippen MR) is 69.9 cm³/mol. The van der Waals surface area contributed by atoms with E-state index >= 15 is 0 Å². The Morgan fingerprint density at radius 1 is 1.29 bits per heavy atom. The van der Waals surface area contributed by atoms with Gasteiger partial charge in [0.2, 0.25) is 0 Å². The molecule has 1 aliphatic rings. The lowest BCUT2D eigenvalue weighted by Crippen LogP contribution is -2.39. The van der Waals surface area contributed by atoms with E-state index in [-0.39, 0.29) is 0 Å². The molecule has 0 saturated heterocycles. The second-order valence-electron chi connectivity index (χ2n) is 5.36. The van der Waals surface area contributed by atoms with Crippen LogP contribution in [-0.2, 0) is 0 Å². The van der Waals surface area contributed by atoms with Crippen LogP contribution in [0.25, 0.3) is 0 Å². The van der Waals surface area contributed by atoms with Crippen molar-refractivity contribution in [2.24, 2.45) is 5.73 Å². The maximum Gasteiger partial charge on any atom is 0.121 e. The molecule has 1 aromatic heterocycles. The fraction of sp³-hybridized carbons (Fsp3) is 0.714. The van der Waals surface area contributed by atoms with Crippen molar-refractivity contribution in [3.8, 4) is 0 Å². The Bertz CT molecular complexity index is 353. The molecule has 1 unspecified atom stereocenters. The normalized spacial score (nSPS) is 27.4. The van der Waals surface area contributed by atoms with Gasteiger partial charge in [-0.15, -0.1) is 0 Å². The molecule has 3 nitrogen and oxygen atoms in total. The summed E-state index contributed by atoms with van der Waals surface area (Å²) in [5.74, 6) is 2.06. The molecule has 0 bridgehead atoms. The van der Waals surface area contributed by atoms with Crippen molar-refractivity contribution in [2.45, 2.75) is 57.7 Å². The molecule has 1 aliphatic carbocycles. The third-order valence-electron chi connectivity index (χ3n) is 4.10. The molecule has 0 aromatic carbocycles. The summed E-state index contributed by atoms with van der Waals surface area (Å²) in [6, 6.07) is 5.54. The molecule has 1 heterocycles. The van der Waals surface area contributed by atoms with Gasteiger partial charge < -0.3 is 10.2 Å². The maximum atomic E-state index is 5.95. The second kappa shape index (κ2) is 5.23. The molecule has 17 heavy (non-hydrogen) atoms. The van der Waals surface area contributed by atoms with E-state index in [0.29, 0.717) is 18.1 Å². The van der Waals surface area contributed by atoms with Crippen molar-refractivity contribution in [3.05, 3.63) is 23.7 Å². The van der Waals surface area contributed by atoms with Crippen LogP contribution >= 0.6 is 0 Å². The largest absolute Gasteiger partial charge is 0.465 e. The Kier molecular flexibility index (Phi) is 3.89. The first-order valence-electron chi connectivity index (χ1n) is 6.61. The van der Waals surface area contributed by atoms with Crippen molar-refractivity contribution >= 4 is 0 Å². The molecule has 0 amide bonds. The van der Waals surface area contributed by atoms with Crippen molar-refractivity contribution in [1.82, 2.24) is 4.90 Å². The molecule has 1 fully saturated rings. The zero-order valence-electron chi connectivity index (χ0n) is 11.1. The SMILES string of the molecule is Cc1ccc(C(C)N(C)C2CCC(N)CC2)o1. The van der Waals surface area contributed by atoms with E-state index in [1.165, 1.54) is 12.8 Å². The Balaban J connectivity index is 1.97. The lowest BCUT2D eigenvalue weighted by atomic mass is 9.90. The topological polar surface area (TPSA) is 42.4 Å². The van der Waals surface area contributed by atoms with Gasteiger partial charge in [-0.05, 0) is 58.7 Å². The lowest BCUT2D eigenvalue weighted by Gasteiger charge is -2.36. The molecule has 96 valence electrons. The summed E-state index contributed by atoms with van der Waals surface area (Å²) < 4.78 is 5.71. The van der Waals surface area contributed by atoms with Crippen molar-refractivity contribution < 1.29 is 4.42 Å². The molecular weight excluding hydrogens is 212 g/mol. The van der Waals surface area contributed by atoms with Gasteiger partial charge in [0.15, 0.2) is 0 Å². The number of nitrogens with zero attached hydrogens (tertiary/aromatic N) is 1. The van der Waals surface area contributed by atoms with Gasteiger partial charge in [-0.3, -0.25) is 4.90 Å². The summed E-state index contributed by atoms with van der Waals surface area (Å²) in [6.45, 7) is 4.21. The van der Waals surface area contributed by atoms with Gasteiger partial charge in [0.05, 0.1) is 6.04 Å². The Morgan fingerprint density at radius 3 is 2.47 bits per heavy atom. The molecule has 2 N–H and O–H groups in total. The van der Waals surface area contributed by atoms with E-state index in [1.807, 2.05) is 13.0 Å². The van der Waals surface area contributed by atoms with Crippen LogP contribution in [-0.4, -0.2) is 24.0 Å². The minimum absolute atomic E-state index is 0.350. The smallest absolute Gasteiger partial charge is 0.121 e. The zero-order valence-corrected chi connectivity index (χ0v) is 11.1. The number of rotatable bonds is 3. The van der Waals surface area contributed by atoms with E-state index < -0.39 is 0 Å². The Labute approximate surface area is 104 Å². The summed E-state index contributed by atoms with van der Waals surface area (Å²) in [4.78, 5) is 2.43. The molecule has 1 atom stereocenters. The number of hydrogen-bond donors (Lipinski definition) is 1. The van der Waals surface area contributed by atoms with E-state index in [4.69, 9.17) is 10.2 Å². The summed E-state index contributed by atoms with van der Waals surface area (Å²) in [7, 11) is 2.20. The van der Waals surface area contributed by atoms with Crippen LogP contribution in [0.2, 0.25) is 0 Å². The highest BCUT2D eigenvalue weighted by Crippen LogP contribution is 2.29. The van der Waals surface area contributed by atoms with Crippen molar-refractivity contribution in [3.63, 3.8) is 0 Å². The molecule has 0 radical (unpaired) electrons. The molecule has 0 spiro atoms. The average molecular weight is 236 g/mol. The first-order chi connectivity index (χ1) is 8.08. The maximum absolute atomic E-state index is 5.95. The highest BCUT2D eigenvalue weighted by Gasteiger charge is 2.26.